The molecule has 19 heavy (non-hydrogen) atoms. The number of hydrogen-bond donors (Lipinski definition) is 6. The van der Waals surface area contributed by atoms with E-state index in [-0.39, 0.29) is 24.1 Å². The summed E-state index contributed by atoms with van der Waals surface area (Å²) in [7, 11) is 0. The highest BCUT2D eigenvalue weighted by atomic mass is 16.3. The van der Waals surface area contributed by atoms with Crippen LogP contribution >= 0.6 is 0 Å². The van der Waals surface area contributed by atoms with Crippen LogP contribution in [0.5, 0.6) is 0 Å². The van der Waals surface area contributed by atoms with Crippen molar-refractivity contribution < 1.29 is 10.2 Å². The molecule has 9 heteroatoms. The standard InChI is InChI=1S/C10H14N6O3/c11-10-13-7-6(15-16-8(7)9(19)14-10)3-1-5(18)4(2-17)12-3/h3-5,12,17-18H,1-2H2,(H,15,16)(H3,11,13,14,19)/t3-,4-,5+/m1/s1. The molecule has 0 unspecified atom stereocenters. The zero-order chi connectivity index (χ0) is 13.6. The first-order chi connectivity index (χ1) is 9.10. The van der Waals surface area contributed by atoms with Crippen LogP contribution in [0.3, 0.4) is 0 Å². The Morgan fingerprint density at radius 2 is 2.21 bits per heavy atom. The number of aliphatic hydroxyl groups excluding tert-OH is 2. The van der Waals surface area contributed by atoms with Gasteiger partial charge in [0.25, 0.3) is 5.56 Å². The summed E-state index contributed by atoms with van der Waals surface area (Å²) in [6, 6.07) is -0.659. The fraction of sp³-hybridized carbons (Fsp3) is 0.500. The van der Waals surface area contributed by atoms with Crippen molar-refractivity contribution in [2.24, 2.45) is 0 Å². The monoisotopic (exact) mass is 266 g/mol. The molecule has 0 bridgehead atoms. The van der Waals surface area contributed by atoms with E-state index in [4.69, 9.17) is 10.8 Å². The Morgan fingerprint density at radius 1 is 1.42 bits per heavy atom. The lowest BCUT2D eigenvalue weighted by molar-refractivity contribution is 0.121. The van der Waals surface area contributed by atoms with Gasteiger partial charge in [-0.25, -0.2) is 4.98 Å². The lowest BCUT2D eigenvalue weighted by Crippen LogP contribution is -2.34. The number of aromatic amines is 2. The minimum absolute atomic E-state index is 0.0115. The molecule has 1 aliphatic rings. The molecule has 2 aromatic rings. The van der Waals surface area contributed by atoms with Crippen LogP contribution in [-0.2, 0) is 0 Å². The number of H-pyrrole nitrogens is 2. The highest BCUT2D eigenvalue weighted by molar-refractivity contribution is 5.77. The zero-order valence-electron chi connectivity index (χ0n) is 9.92. The fourth-order valence-electron chi connectivity index (χ4n) is 2.41. The van der Waals surface area contributed by atoms with Crippen molar-refractivity contribution in [3.8, 4) is 0 Å². The molecule has 0 amide bonds. The van der Waals surface area contributed by atoms with Crippen LogP contribution in [0.4, 0.5) is 5.95 Å². The SMILES string of the molecule is Nc1nc2c([C@H]3C[C@H](O)[C@@H](CO)N3)[nH]nc2c(=O)[nH]1. The molecule has 9 nitrogen and oxygen atoms in total. The van der Waals surface area contributed by atoms with Gasteiger partial charge in [-0.2, -0.15) is 5.10 Å². The molecule has 0 aromatic carbocycles. The molecule has 1 aliphatic heterocycles. The normalized spacial score (nSPS) is 27.2. The topological polar surface area (TPSA) is 153 Å². The predicted molar refractivity (Wildman–Crippen MR) is 66.3 cm³/mol. The van der Waals surface area contributed by atoms with E-state index in [0.717, 1.165) is 0 Å². The number of fused-ring (bicyclic) bond motifs is 1. The Balaban J connectivity index is 2.05. The maximum atomic E-state index is 11.6. The molecular weight excluding hydrogens is 252 g/mol. The number of nitrogens with one attached hydrogen (secondary N) is 3. The second-order valence-corrected chi connectivity index (χ2v) is 4.60. The summed E-state index contributed by atoms with van der Waals surface area (Å²) in [6.45, 7) is -0.167. The van der Waals surface area contributed by atoms with Gasteiger partial charge in [0.15, 0.2) is 5.52 Å². The Morgan fingerprint density at radius 3 is 2.89 bits per heavy atom. The maximum absolute atomic E-state index is 11.6. The molecule has 0 saturated carbocycles. The van der Waals surface area contributed by atoms with Gasteiger partial charge in [-0.15, -0.1) is 0 Å². The van der Waals surface area contributed by atoms with Crippen molar-refractivity contribution in [1.82, 2.24) is 25.5 Å². The number of anilines is 1. The van der Waals surface area contributed by atoms with Gasteiger partial charge in [0.05, 0.1) is 30.5 Å². The van der Waals surface area contributed by atoms with Gasteiger partial charge >= 0.3 is 0 Å². The fourth-order valence-corrected chi connectivity index (χ4v) is 2.41. The lowest BCUT2D eigenvalue weighted by Gasteiger charge is -2.11. The molecule has 0 aliphatic carbocycles. The predicted octanol–water partition coefficient (Wildman–Crippen LogP) is -2.02. The van der Waals surface area contributed by atoms with E-state index in [1.54, 1.807) is 0 Å². The second kappa shape index (κ2) is 4.30. The van der Waals surface area contributed by atoms with Crippen LogP contribution in [0.15, 0.2) is 4.79 Å². The number of aromatic nitrogens is 4. The highest BCUT2D eigenvalue weighted by Crippen LogP contribution is 2.28. The third-order valence-corrected chi connectivity index (χ3v) is 3.36. The van der Waals surface area contributed by atoms with Crippen LogP contribution in [0.1, 0.15) is 18.2 Å². The number of aliphatic hydroxyl groups is 2. The molecule has 1 fully saturated rings. The van der Waals surface area contributed by atoms with Crippen molar-refractivity contribution >= 4 is 17.0 Å². The van der Waals surface area contributed by atoms with Gasteiger partial charge in [-0.1, -0.05) is 0 Å². The molecule has 7 N–H and O–H groups in total. The minimum Gasteiger partial charge on any atom is -0.395 e. The van der Waals surface area contributed by atoms with Gasteiger partial charge in [0, 0.05) is 0 Å². The van der Waals surface area contributed by atoms with E-state index in [9.17, 15) is 9.90 Å². The van der Waals surface area contributed by atoms with E-state index >= 15 is 0 Å². The molecule has 2 aromatic heterocycles. The van der Waals surface area contributed by atoms with E-state index in [2.05, 4.69) is 25.5 Å². The van der Waals surface area contributed by atoms with Crippen molar-refractivity contribution in [2.45, 2.75) is 24.6 Å². The molecule has 3 rings (SSSR count). The number of rotatable bonds is 2. The first-order valence-corrected chi connectivity index (χ1v) is 5.89. The third kappa shape index (κ3) is 1.87. The lowest BCUT2D eigenvalue weighted by atomic mass is 10.1. The largest absolute Gasteiger partial charge is 0.395 e. The number of nitrogen functional groups attached to an aromatic ring is 1. The molecule has 102 valence electrons. The zero-order valence-corrected chi connectivity index (χ0v) is 9.92. The van der Waals surface area contributed by atoms with Gasteiger partial charge in [0.2, 0.25) is 5.95 Å². The Hall–Kier alpha value is -1.97. The summed E-state index contributed by atoms with van der Waals surface area (Å²) in [4.78, 5) is 18.1. The second-order valence-electron chi connectivity index (χ2n) is 4.60. The van der Waals surface area contributed by atoms with Crippen molar-refractivity contribution in [3.05, 3.63) is 16.0 Å². The third-order valence-electron chi connectivity index (χ3n) is 3.36. The van der Waals surface area contributed by atoms with Crippen LogP contribution in [0.25, 0.3) is 11.0 Å². The van der Waals surface area contributed by atoms with Crippen molar-refractivity contribution in [3.63, 3.8) is 0 Å². The Labute approximate surface area is 106 Å². The highest BCUT2D eigenvalue weighted by Gasteiger charge is 2.34. The molecular formula is C10H14N6O3. The van der Waals surface area contributed by atoms with Crippen molar-refractivity contribution in [2.75, 3.05) is 12.3 Å². The quantitative estimate of drug-likeness (QED) is 0.367. The minimum atomic E-state index is -0.660. The summed E-state index contributed by atoms with van der Waals surface area (Å²) < 4.78 is 0. The van der Waals surface area contributed by atoms with Crippen LogP contribution < -0.4 is 16.6 Å². The first-order valence-electron chi connectivity index (χ1n) is 5.89. The summed E-state index contributed by atoms with van der Waals surface area (Å²) in [5.74, 6) is 0.0115. The summed E-state index contributed by atoms with van der Waals surface area (Å²) in [6.07, 6.45) is -0.260. The number of nitrogens with zero attached hydrogens (tertiary/aromatic N) is 2. The van der Waals surface area contributed by atoms with E-state index in [1.165, 1.54) is 0 Å². The average Bonchev–Trinajstić information content (AvgIpc) is 2.92. The smallest absolute Gasteiger partial charge is 0.280 e. The van der Waals surface area contributed by atoms with E-state index < -0.39 is 17.7 Å². The Kier molecular flexibility index (Phi) is 2.73. The Bertz CT molecular complexity index is 665. The molecule has 0 radical (unpaired) electrons. The maximum Gasteiger partial charge on any atom is 0.280 e. The summed E-state index contributed by atoms with van der Waals surface area (Å²) >= 11 is 0. The summed E-state index contributed by atoms with van der Waals surface area (Å²) in [5.41, 5.74) is 6.24. The molecule has 3 heterocycles. The van der Waals surface area contributed by atoms with Gasteiger partial charge in [0.1, 0.15) is 5.52 Å². The van der Waals surface area contributed by atoms with Crippen LogP contribution in [0.2, 0.25) is 0 Å². The molecule has 3 atom stereocenters. The van der Waals surface area contributed by atoms with Gasteiger partial charge in [-0.3, -0.25) is 14.9 Å². The van der Waals surface area contributed by atoms with Crippen molar-refractivity contribution in [1.29, 1.82) is 0 Å². The van der Waals surface area contributed by atoms with Gasteiger partial charge in [-0.05, 0) is 6.42 Å². The molecule has 0 spiro atoms. The first kappa shape index (κ1) is 12.1. The van der Waals surface area contributed by atoms with E-state index in [1.807, 2.05) is 0 Å². The number of nitrogens with two attached hydrogens (primary N) is 1. The summed E-state index contributed by atoms with van der Waals surface area (Å²) in [5, 5.41) is 28.6. The van der Waals surface area contributed by atoms with Gasteiger partial charge < -0.3 is 21.3 Å². The number of hydrogen-bond acceptors (Lipinski definition) is 7. The van der Waals surface area contributed by atoms with E-state index in [0.29, 0.717) is 17.6 Å². The molecule has 1 saturated heterocycles. The average molecular weight is 266 g/mol. The van der Waals surface area contributed by atoms with Crippen LogP contribution in [-0.4, -0.2) is 49.1 Å². The van der Waals surface area contributed by atoms with Crippen LogP contribution in [0, 0.1) is 0 Å².